The zero-order valence-electron chi connectivity index (χ0n) is 74.3. The maximum atomic E-state index is 14.4. The van der Waals surface area contributed by atoms with E-state index in [1.54, 1.807) is 47.8 Å². The third-order valence-corrected chi connectivity index (χ3v) is 20.3. The quantitative estimate of drug-likeness (QED) is 0.0269. The number of nitrogens with zero attached hydrogens (tertiary/aromatic N) is 1. The summed E-state index contributed by atoms with van der Waals surface area (Å²) in [5.41, 5.74) is 11.1. The third kappa shape index (κ3) is 42.7. The average molecular weight is 1930 g/mol. The lowest BCUT2D eigenvalue weighted by atomic mass is 10.0. The van der Waals surface area contributed by atoms with Crippen molar-refractivity contribution in [2.24, 2.45) is 35.1 Å². The highest BCUT2D eigenvalue weighted by Gasteiger charge is 2.41. The highest BCUT2D eigenvalue weighted by atomic mass is 32.2. The van der Waals surface area contributed by atoms with Crippen LogP contribution in [0, 0.1) is 23.7 Å². The van der Waals surface area contributed by atoms with Crippen LogP contribution in [0.1, 0.15) is 120 Å². The van der Waals surface area contributed by atoms with Gasteiger partial charge in [-0.3, -0.25) is 95.9 Å². The van der Waals surface area contributed by atoms with Crippen molar-refractivity contribution in [2.45, 2.75) is 242 Å². The van der Waals surface area contributed by atoms with Gasteiger partial charge in [0, 0.05) is 29.8 Å². The Morgan fingerprint density at radius 3 is 1.11 bits per heavy atom. The Hall–Kier alpha value is -11.2. The minimum absolute atomic E-state index is 0.160. The molecular formula is C76H128N22O30S3. The summed E-state index contributed by atoms with van der Waals surface area (Å²) in [6, 6.07) is -30.7. The first-order chi connectivity index (χ1) is 61.3. The number of thioether (sulfide) groups is 1. The average Bonchev–Trinajstić information content (AvgIpc) is 1.51. The number of hydrogen-bond donors (Lipinski definition) is 32. The van der Waals surface area contributed by atoms with Gasteiger partial charge in [-0.25, -0.2) is 9.78 Å². The molecule has 0 unspecified atom stereocenters. The fraction of sp³-hybridized carbons (Fsp3) is 0.684. The summed E-state index contributed by atoms with van der Waals surface area (Å²) >= 11 is 9.38. The van der Waals surface area contributed by atoms with E-state index >= 15 is 0 Å². The van der Waals surface area contributed by atoms with Crippen LogP contribution in [0.2, 0.25) is 0 Å². The number of H-pyrrole nitrogens is 1. The van der Waals surface area contributed by atoms with Gasteiger partial charge in [-0.1, -0.05) is 55.4 Å². The number of hydrogen-bond acceptors (Lipinski definition) is 33. The van der Waals surface area contributed by atoms with Crippen LogP contribution in [0.25, 0.3) is 0 Å². The van der Waals surface area contributed by atoms with Crippen LogP contribution in [-0.4, -0.2) is 364 Å². The van der Waals surface area contributed by atoms with Gasteiger partial charge in [-0.15, -0.1) is 0 Å². The van der Waals surface area contributed by atoms with Crippen LogP contribution in [0.3, 0.4) is 0 Å². The van der Waals surface area contributed by atoms with Crippen molar-refractivity contribution in [1.82, 2.24) is 106 Å². The number of aliphatic carboxylic acids is 2. The van der Waals surface area contributed by atoms with Gasteiger partial charge in [0.2, 0.25) is 112 Å². The van der Waals surface area contributed by atoms with E-state index in [0.717, 1.165) is 20.8 Å². The number of thiol groups is 2. The molecule has 0 radical (unpaired) electrons. The Balaban J connectivity index is 3.35. The van der Waals surface area contributed by atoms with E-state index < -0.39 is 321 Å². The van der Waals surface area contributed by atoms with Crippen LogP contribution in [0.5, 0.6) is 0 Å². The molecule has 52 nitrogen and oxygen atoms in total. The van der Waals surface area contributed by atoms with Crippen molar-refractivity contribution < 1.29 is 147 Å². The first-order valence-corrected chi connectivity index (χ1v) is 43.9. The van der Waals surface area contributed by atoms with Crippen molar-refractivity contribution in [3.8, 4) is 0 Å². The molecule has 0 aromatic carbocycles. The highest BCUT2D eigenvalue weighted by Crippen LogP contribution is 2.14. The number of carboxylic acid groups (broad SMARTS) is 2. The molecule has 0 saturated heterocycles. The summed E-state index contributed by atoms with van der Waals surface area (Å²) in [6.07, 6.45) is -2.32. The first kappa shape index (κ1) is 118. The molecule has 0 bridgehead atoms. The van der Waals surface area contributed by atoms with Crippen LogP contribution in [-0.2, 0) is 107 Å². The van der Waals surface area contributed by atoms with E-state index in [0.29, 0.717) is 0 Å². The summed E-state index contributed by atoms with van der Waals surface area (Å²) in [5.74, 6) is -27.8. The van der Waals surface area contributed by atoms with Gasteiger partial charge in [0.1, 0.15) is 109 Å². The fourth-order valence-corrected chi connectivity index (χ4v) is 12.7. The number of carbonyl (C=O) groups is 21. The molecule has 1 heterocycles. The molecular weight excluding hydrogens is 1800 g/mol. The second-order valence-corrected chi connectivity index (χ2v) is 33.6. The lowest BCUT2D eigenvalue weighted by molar-refractivity contribution is -0.144. The molecule has 0 fully saturated rings. The van der Waals surface area contributed by atoms with Gasteiger partial charge in [-0.05, 0) is 82.1 Å². The van der Waals surface area contributed by atoms with Crippen LogP contribution >= 0.6 is 37.0 Å². The Kier molecular flexibility index (Phi) is 53.9. The van der Waals surface area contributed by atoms with Gasteiger partial charge in [0.05, 0.1) is 71.0 Å². The van der Waals surface area contributed by atoms with E-state index in [4.69, 9.17) is 11.5 Å². The molecule has 0 aliphatic carbocycles. The minimum atomic E-state index is -2.08. The largest absolute Gasteiger partial charge is 0.481 e. The van der Waals surface area contributed by atoms with Gasteiger partial charge >= 0.3 is 11.9 Å². The van der Waals surface area contributed by atoms with Crippen LogP contribution in [0.15, 0.2) is 12.5 Å². The normalized spacial score (nSPS) is 15.9. The Bertz CT molecular complexity index is 4040. The SMILES string of the molecule is CSCC[C@H](NC(=O)[C@H](CC(N)=O)NC(=O)[C@H](CS)NC(=O)[C@@H](N)CO)C(=O)N[C@@H](CO)C(=O)N[C@@H](Cc1cnc[nH]1)C(=O)N[C@@H](CC(C)C)C(=O)N[C@H](C(=O)NCC(=O)N[C@H](C(=O)N[C@@H](CO)C(=O)N[C@@H](CC(C)C)C(=O)N[C@@H](CS)C(=O)N[C@@H](CC(=O)O)C(=O)N[C@@H](CO)C(=O)N[C@@H](CC(C)C)C(=O)N[C@@H](C)C(=O)N[C@H](C(=O)N[C@@H](CO)C(=O)O)[C@@H](C)O)C(C)C)[C@@H](C)O. The number of carboxylic acids is 2. The van der Waals surface area contributed by atoms with Crippen molar-refractivity contribution in [2.75, 3.05) is 63.1 Å². The first-order valence-electron chi connectivity index (χ1n) is 41.3. The number of carbonyl (C=O) groups excluding carboxylic acids is 19. The lowest BCUT2D eigenvalue weighted by Crippen LogP contribution is -2.62. The van der Waals surface area contributed by atoms with E-state index in [9.17, 15) is 147 Å². The number of rotatable bonds is 62. The van der Waals surface area contributed by atoms with Gasteiger partial charge in [0.25, 0.3) is 0 Å². The second kappa shape index (κ2) is 60.0. The van der Waals surface area contributed by atoms with Crippen molar-refractivity contribution >= 4 is 161 Å². The summed E-state index contributed by atoms with van der Waals surface area (Å²) in [7, 11) is 0. The number of nitrogens with two attached hydrogens (primary N) is 2. The lowest BCUT2D eigenvalue weighted by Gasteiger charge is -2.28. The molecule has 0 spiro atoms. The molecule has 1 aromatic heterocycles. The number of primary amides is 1. The molecule has 740 valence electrons. The van der Waals surface area contributed by atoms with E-state index in [-0.39, 0.29) is 55.2 Å². The number of amides is 19. The molecule has 0 aliphatic heterocycles. The van der Waals surface area contributed by atoms with Crippen molar-refractivity contribution in [3.05, 3.63) is 18.2 Å². The Morgan fingerprint density at radius 2 is 0.725 bits per heavy atom. The number of aromatic nitrogens is 2. The summed E-state index contributed by atoms with van der Waals surface area (Å²) < 4.78 is 0. The predicted octanol–water partition coefficient (Wildman–Crippen LogP) is -13.8. The second-order valence-electron chi connectivity index (χ2n) is 31.9. The molecule has 55 heteroatoms. The summed E-state index contributed by atoms with van der Waals surface area (Å²) in [5, 5.41) is 131. The zero-order valence-corrected chi connectivity index (χ0v) is 76.9. The number of aliphatic hydroxyl groups excluding tert-OH is 7. The molecule has 0 saturated carbocycles. The smallest absolute Gasteiger partial charge is 0.328 e. The molecule has 1 aromatic rings. The predicted molar refractivity (Wildman–Crippen MR) is 468 cm³/mol. The molecule has 0 aliphatic rings. The van der Waals surface area contributed by atoms with E-state index in [1.807, 2.05) is 5.32 Å². The standard InChI is InChI=1S/C76H128N22O30S3/c1-31(2)15-41(62(113)82-35(9)59(110)97-58(37(11)105)75(126)93-50(27-103)76(127)128)85-68(119)48(25-101)91-66(117)46(20-55(108)109)89-72(123)52(29-130)95-63(114)42(16-32(3)4)86-70(121)49(26-102)92-74(125)56(34(7)8)96-54(107)22-80-73(124)57(36(10)104)98-67(118)43(17-33(5)6)84-64(115)44(18-38-21-79-30-81-38)87-69(120)47(24-100)90-61(112)40(13-14-131-12)83-65(116)45(19-53(78)106)88-71(122)51(28-129)94-60(111)39(77)23-99/h21,30-37,39-52,56-58,99-105,129-130H,13-20,22-29,77H2,1-12H3,(H2,78,106)(H,79,81)(H,80,124)(H,82,113)(H,83,116)(H,84,115)(H,85,119)(H,86,121)(H,87,120)(H,88,122)(H,89,123)(H,90,112)(H,91,117)(H,92,125)(H,93,126)(H,94,111)(H,95,114)(H,96,107)(H,97,110)(H,98,118)(H,108,109)(H,127,128)/t35-,36+,37+,39-,40-,41-,42-,43-,44-,45-,46-,47-,48-,49-,50-,51-,52-,56-,57-,58-/m0/s1. The van der Waals surface area contributed by atoms with Gasteiger partial charge in [0.15, 0.2) is 0 Å². The number of aromatic amines is 1. The number of imidazole rings is 1. The fourth-order valence-electron chi connectivity index (χ4n) is 11.8. The van der Waals surface area contributed by atoms with Crippen molar-refractivity contribution in [3.63, 3.8) is 0 Å². The van der Waals surface area contributed by atoms with Gasteiger partial charge in [-0.2, -0.15) is 37.0 Å². The highest BCUT2D eigenvalue weighted by molar-refractivity contribution is 7.98. The maximum absolute atomic E-state index is 14.4. The molecule has 19 amide bonds. The molecule has 1 rings (SSSR count). The van der Waals surface area contributed by atoms with Crippen LogP contribution in [0.4, 0.5) is 0 Å². The Morgan fingerprint density at radius 1 is 0.389 bits per heavy atom. The van der Waals surface area contributed by atoms with Crippen LogP contribution < -0.4 is 107 Å². The maximum Gasteiger partial charge on any atom is 0.328 e. The topological polar surface area (TPSA) is 838 Å². The van der Waals surface area contributed by atoms with E-state index in [2.05, 4.69) is 126 Å². The monoisotopic (exact) mass is 1920 g/mol. The molecule has 131 heavy (non-hydrogen) atoms. The molecule has 32 N–H and O–H groups in total. The summed E-state index contributed by atoms with van der Waals surface area (Å²) in [4.78, 5) is 288. The third-order valence-electron chi connectivity index (χ3n) is 18.9. The van der Waals surface area contributed by atoms with Gasteiger partial charge < -0.3 is 158 Å². The summed E-state index contributed by atoms with van der Waals surface area (Å²) in [6.45, 7) is 9.68. The number of aliphatic hydroxyl groups is 7. The van der Waals surface area contributed by atoms with Crippen molar-refractivity contribution in [1.29, 1.82) is 0 Å². The zero-order chi connectivity index (χ0) is 100. The molecule has 20 atom stereocenters. The minimum Gasteiger partial charge on any atom is -0.481 e. The number of nitrogens with one attached hydrogen (secondary N) is 19. The van der Waals surface area contributed by atoms with E-state index in [1.165, 1.54) is 38.1 Å². The Labute approximate surface area is 768 Å².